The summed E-state index contributed by atoms with van der Waals surface area (Å²) in [6, 6.07) is 0. The van der Waals surface area contributed by atoms with Gasteiger partial charge in [0.05, 0.1) is 12.7 Å². The molecule has 3 heteroatoms. The first kappa shape index (κ1) is 12.3. The molecule has 0 amide bonds. The number of aliphatic hydroxyl groups is 1. The molecule has 1 aliphatic heterocycles. The van der Waals surface area contributed by atoms with Crippen LogP contribution in [0, 0.1) is 11.8 Å². The zero-order chi connectivity index (χ0) is 11.4. The summed E-state index contributed by atoms with van der Waals surface area (Å²) in [6.45, 7) is 3.62. The molecule has 0 aromatic rings. The Morgan fingerprint density at radius 2 is 2.00 bits per heavy atom. The van der Waals surface area contributed by atoms with E-state index in [0.717, 1.165) is 18.4 Å². The predicted molar refractivity (Wildman–Crippen MR) is 64.4 cm³/mol. The highest BCUT2D eigenvalue weighted by molar-refractivity contribution is 4.84. The van der Waals surface area contributed by atoms with Gasteiger partial charge in [0, 0.05) is 20.2 Å². The summed E-state index contributed by atoms with van der Waals surface area (Å²) in [7, 11) is 1.65. The third-order valence-corrected chi connectivity index (χ3v) is 4.20. The van der Waals surface area contributed by atoms with E-state index in [1.54, 1.807) is 7.11 Å². The zero-order valence-corrected chi connectivity index (χ0v) is 10.4. The van der Waals surface area contributed by atoms with Crippen molar-refractivity contribution in [2.45, 2.75) is 38.2 Å². The average Bonchev–Trinajstić information content (AvgIpc) is 2.29. The lowest BCUT2D eigenvalue weighted by atomic mass is 9.75. The van der Waals surface area contributed by atoms with Crippen molar-refractivity contribution in [1.82, 2.24) is 4.90 Å². The first-order valence-corrected chi connectivity index (χ1v) is 6.69. The maximum Gasteiger partial charge on any atom is 0.0900 e. The fourth-order valence-corrected chi connectivity index (χ4v) is 3.39. The monoisotopic (exact) mass is 227 g/mol. The number of β-amino-alcohol motifs (C(OH)–C–C–N with tert-alkyl or cyclic N) is 1. The van der Waals surface area contributed by atoms with Gasteiger partial charge in [0.2, 0.25) is 0 Å². The summed E-state index contributed by atoms with van der Waals surface area (Å²) >= 11 is 0. The summed E-state index contributed by atoms with van der Waals surface area (Å²) in [6.07, 6.45) is 6.72. The van der Waals surface area contributed by atoms with Gasteiger partial charge in [-0.25, -0.2) is 0 Å². The van der Waals surface area contributed by atoms with E-state index in [9.17, 15) is 5.11 Å². The highest BCUT2D eigenvalue weighted by Crippen LogP contribution is 2.35. The van der Waals surface area contributed by atoms with Crippen molar-refractivity contribution in [3.05, 3.63) is 0 Å². The Kier molecular flexibility index (Phi) is 4.62. The van der Waals surface area contributed by atoms with Gasteiger partial charge < -0.3 is 14.7 Å². The Morgan fingerprint density at radius 3 is 2.75 bits per heavy atom. The van der Waals surface area contributed by atoms with Gasteiger partial charge in [0.15, 0.2) is 0 Å². The van der Waals surface area contributed by atoms with Crippen molar-refractivity contribution in [3.8, 4) is 0 Å². The second-order valence-corrected chi connectivity index (χ2v) is 5.46. The molecule has 1 saturated carbocycles. The van der Waals surface area contributed by atoms with Gasteiger partial charge in [-0.05, 0) is 31.2 Å². The minimum atomic E-state index is -0.315. The molecule has 2 rings (SSSR count). The Bertz CT molecular complexity index is 210. The molecule has 3 nitrogen and oxygen atoms in total. The Morgan fingerprint density at radius 1 is 1.25 bits per heavy atom. The fraction of sp³-hybridized carbons (Fsp3) is 1.00. The molecule has 0 spiro atoms. The van der Waals surface area contributed by atoms with Crippen molar-refractivity contribution in [1.29, 1.82) is 0 Å². The summed E-state index contributed by atoms with van der Waals surface area (Å²) < 4.78 is 4.98. The molecule has 1 N–H and O–H groups in total. The van der Waals surface area contributed by atoms with Crippen LogP contribution in [0.1, 0.15) is 32.1 Å². The van der Waals surface area contributed by atoms with Crippen molar-refractivity contribution >= 4 is 0 Å². The Balaban J connectivity index is 1.76. The van der Waals surface area contributed by atoms with Crippen LogP contribution >= 0.6 is 0 Å². The highest BCUT2D eigenvalue weighted by atomic mass is 16.5. The quantitative estimate of drug-likeness (QED) is 0.790. The molecule has 0 aromatic heterocycles. The van der Waals surface area contributed by atoms with Crippen LogP contribution in [0.5, 0.6) is 0 Å². The minimum absolute atomic E-state index is 0.315. The molecular formula is C13H25NO2. The summed E-state index contributed by atoms with van der Waals surface area (Å²) in [5.74, 6) is 1.88. The first-order chi connectivity index (χ1) is 7.79. The van der Waals surface area contributed by atoms with Gasteiger partial charge >= 0.3 is 0 Å². The van der Waals surface area contributed by atoms with E-state index in [0.29, 0.717) is 6.61 Å². The van der Waals surface area contributed by atoms with Crippen LogP contribution in [0.15, 0.2) is 0 Å². The van der Waals surface area contributed by atoms with Crippen LogP contribution in [-0.4, -0.2) is 49.5 Å². The fourth-order valence-electron chi connectivity index (χ4n) is 3.39. The van der Waals surface area contributed by atoms with E-state index >= 15 is 0 Å². The van der Waals surface area contributed by atoms with Gasteiger partial charge in [-0.1, -0.05) is 19.3 Å². The number of likely N-dealkylation sites (tertiary alicyclic amines) is 1. The maximum absolute atomic E-state index is 9.73. The van der Waals surface area contributed by atoms with Crippen molar-refractivity contribution in [3.63, 3.8) is 0 Å². The normalized spacial score (nSPS) is 33.4. The Labute approximate surface area is 98.8 Å². The summed E-state index contributed by atoms with van der Waals surface area (Å²) in [4.78, 5) is 2.43. The molecule has 3 unspecified atom stereocenters. The third kappa shape index (κ3) is 3.19. The second-order valence-electron chi connectivity index (χ2n) is 5.46. The van der Waals surface area contributed by atoms with E-state index in [1.807, 2.05) is 0 Å². The van der Waals surface area contributed by atoms with Gasteiger partial charge in [-0.2, -0.15) is 0 Å². The standard InChI is InChI=1S/C13H25NO2/c1-16-10-13(15)9-14-7-6-11-4-2-3-5-12(11)8-14/h11-13,15H,2-10H2,1H3. The van der Waals surface area contributed by atoms with E-state index in [-0.39, 0.29) is 6.10 Å². The largest absolute Gasteiger partial charge is 0.389 e. The van der Waals surface area contributed by atoms with Crippen LogP contribution in [0.3, 0.4) is 0 Å². The van der Waals surface area contributed by atoms with Crippen molar-refractivity contribution < 1.29 is 9.84 Å². The molecule has 0 radical (unpaired) electrons. The molecule has 0 aromatic carbocycles. The van der Waals surface area contributed by atoms with E-state index in [1.165, 1.54) is 45.2 Å². The SMILES string of the molecule is COCC(O)CN1CCC2CCCCC2C1. The average molecular weight is 227 g/mol. The highest BCUT2D eigenvalue weighted by Gasteiger charge is 2.31. The van der Waals surface area contributed by atoms with Gasteiger partial charge in [0.25, 0.3) is 0 Å². The first-order valence-electron chi connectivity index (χ1n) is 6.69. The number of aliphatic hydroxyl groups excluding tert-OH is 1. The number of piperidine rings is 1. The van der Waals surface area contributed by atoms with Gasteiger partial charge in [-0.3, -0.25) is 0 Å². The van der Waals surface area contributed by atoms with Crippen molar-refractivity contribution in [2.24, 2.45) is 11.8 Å². The lowest BCUT2D eigenvalue weighted by Crippen LogP contribution is -2.45. The number of rotatable bonds is 4. The smallest absolute Gasteiger partial charge is 0.0900 e. The lowest BCUT2D eigenvalue weighted by Gasteiger charge is -2.41. The molecule has 16 heavy (non-hydrogen) atoms. The van der Waals surface area contributed by atoms with Crippen LogP contribution in [0.25, 0.3) is 0 Å². The van der Waals surface area contributed by atoms with Crippen molar-refractivity contribution in [2.75, 3.05) is 33.4 Å². The van der Waals surface area contributed by atoms with E-state index in [4.69, 9.17) is 4.74 Å². The topological polar surface area (TPSA) is 32.7 Å². The third-order valence-electron chi connectivity index (χ3n) is 4.20. The Hall–Kier alpha value is -0.120. The molecule has 94 valence electrons. The van der Waals surface area contributed by atoms with E-state index in [2.05, 4.69) is 4.90 Å². The predicted octanol–water partition coefficient (Wildman–Crippen LogP) is 1.51. The zero-order valence-electron chi connectivity index (χ0n) is 10.4. The molecular weight excluding hydrogens is 202 g/mol. The maximum atomic E-state index is 9.73. The van der Waals surface area contributed by atoms with Crippen LogP contribution in [-0.2, 0) is 4.74 Å². The lowest BCUT2D eigenvalue weighted by molar-refractivity contribution is 0.0117. The molecule has 3 atom stereocenters. The van der Waals surface area contributed by atoms with Crippen LogP contribution < -0.4 is 0 Å². The second kappa shape index (κ2) is 5.99. The molecule has 1 aliphatic carbocycles. The number of hydrogen-bond donors (Lipinski definition) is 1. The van der Waals surface area contributed by atoms with E-state index < -0.39 is 0 Å². The van der Waals surface area contributed by atoms with Gasteiger partial charge in [0.1, 0.15) is 0 Å². The summed E-state index contributed by atoms with van der Waals surface area (Å²) in [5.41, 5.74) is 0. The number of nitrogens with zero attached hydrogens (tertiary/aromatic N) is 1. The van der Waals surface area contributed by atoms with Crippen LogP contribution in [0.4, 0.5) is 0 Å². The van der Waals surface area contributed by atoms with Crippen LogP contribution in [0.2, 0.25) is 0 Å². The minimum Gasteiger partial charge on any atom is -0.389 e. The molecule has 1 heterocycles. The number of hydrogen-bond acceptors (Lipinski definition) is 3. The number of fused-ring (bicyclic) bond motifs is 1. The molecule has 0 bridgehead atoms. The summed E-state index contributed by atoms with van der Waals surface area (Å²) in [5, 5.41) is 9.73. The van der Waals surface area contributed by atoms with Gasteiger partial charge in [-0.15, -0.1) is 0 Å². The molecule has 2 aliphatic rings. The number of ether oxygens (including phenoxy) is 1. The number of methoxy groups -OCH3 is 1. The molecule has 1 saturated heterocycles. The molecule has 2 fully saturated rings.